The number of rotatable bonds is 6. The van der Waals surface area contributed by atoms with Gasteiger partial charge in [0.1, 0.15) is 0 Å². The number of quaternary nitrogens is 1. The quantitative estimate of drug-likeness (QED) is 0.445. The van der Waals surface area contributed by atoms with Crippen LogP contribution in [0.2, 0.25) is 0 Å². The van der Waals surface area contributed by atoms with Crippen LogP contribution in [0.1, 0.15) is 25.7 Å². The molecule has 0 aromatic rings. The van der Waals surface area contributed by atoms with E-state index < -0.39 is 5.97 Å². The van der Waals surface area contributed by atoms with Crippen LogP contribution in [0.25, 0.3) is 0 Å². The second kappa shape index (κ2) is 6.12. The molecule has 0 bridgehead atoms. The van der Waals surface area contributed by atoms with Gasteiger partial charge in [-0.1, -0.05) is 0 Å². The molecule has 4 heteroatoms. The summed E-state index contributed by atoms with van der Waals surface area (Å²) in [4.78, 5) is 10.2. The number of aliphatic carboxylic acids is 1. The maximum absolute atomic E-state index is 10.2. The van der Waals surface area contributed by atoms with E-state index in [1.165, 1.54) is 0 Å². The largest absolute Gasteiger partial charge is 0.481 e. The van der Waals surface area contributed by atoms with E-state index in [1.807, 2.05) is 0 Å². The third kappa shape index (κ3) is 7.29. The summed E-state index contributed by atoms with van der Waals surface area (Å²) in [6, 6.07) is -0.181. The Morgan fingerprint density at radius 3 is 2.64 bits per heavy atom. The average Bonchev–Trinajstić information content (AvgIpc) is 1.86. The smallest absolute Gasteiger partial charge is 0.304 e. The van der Waals surface area contributed by atoms with Crippen LogP contribution < -0.4 is 11.5 Å². The average molecular weight is 161 g/mol. The van der Waals surface area contributed by atoms with Crippen LogP contribution in [0.3, 0.4) is 0 Å². The Morgan fingerprint density at radius 1 is 1.55 bits per heavy atom. The molecule has 0 aliphatic heterocycles. The van der Waals surface area contributed by atoms with Crippen molar-refractivity contribution in [1.82, 2.24) is 0 Å². The number of nitrogens with two attached hydrogens (primary N) is 1. The van der Waals surface area contributed by atoms with Gasteiger partial charge in [0.05, 0.1) is 13.0 Å². The highest BCUT2D eigenvalue weighted by Crippen LogP contribution is 2.00. The van der Waals surface area contributed by atoms with Crippen molar-refractivity contribution in [2.45, 2.75) is 31.7 Å². The van der Waals surface area contributed by atoms with E-state index in [0.29, 0.717) is 0 Å². The predicted octanol–water partition coefficient (Wildman–Crippen LogP) is -0.799. The molecule has 11 heavy (non-hydrogen) atoms. The second-order valence-electron chi connectivity index (χ2n) is 2.71. The fourth-order valence-corrected chi connectivity index (χ4v) is 0.910. The van der Waals surface area contributed by atoms with E-state index in [-0.39, 0.29) is 12.5 Å². The molecule has 0 heterocycles. The standard InChI is InChI=1S/C7H16N2O2/c8-4-2-1-3-6(9)5-7(10)11/h6H,1-5,8-9H2,(H,10,11)/p+1/t6-/m0/s1. The zero-order valence-electron chi connectivity index (χ0n) is 6.75. The Bertz CT molecular complexity index is 117. The zero-order valence-corrected chi connectivity index (χ0v) is 6.75. The molecule has 0 rings (SSSR count). The fourth-order valence-electron chi connectivity index (χ4n) is 0.910. The molecule has 0 fully saturated rings. The molecule has 0 spiro atoms. The molecule has 4 nitrogen and oxygen atoms in total. The number of unbranched alkanes of at least 4 members (excludes halogenated alkanes) is 1. The lowest BCUT2D eigenvalue weighted by atomic mass is 10.1. The summed E-state index contributed by atoms with van der Waals surface area (Å²) < 4.78 is 0. The molecule has 66 valence electrons. The number of hydrogen-bond acceptors (Lipinski definition) is 2. The number of hydrogen-bond donors (Lipinski definition) is 3. The van der Waals surface area contributed by atoms with Gasteiger partial charge in [-0.05, 0) is 19.3 Å². The lowest BCUT2D eigenvalue weighted by Gasteiger charge is -2.06. The molecule has 6 N–H and O–H groups in total. The van der Waals surface area contributed by atoms with Crippen LogP contribution in [-0.2, 0) is 4.79 Å². The van der Waals surface area contributed by atoms with Crippen molar-refractivity contribution >= 4 is 5.97 Å². The highest BCUT2D eigenvalue weighted by atomic mass is 16.4. The van der Waals surface area contributed by atoms with Crippen molar-refractivity contribution in [2.24, 2.45) is 5.73 Å². The van der Waals surface area contributed by atoms with Crippen molar-refractivity contribution in [3.8, 4) is 0 Å². The number of carboxylic acids is 1. The molecule has 0 aromatic heterocycles. The van der Waals surface area contributed by atoms with Gasteiger partial charge >= 0.3 is 5.97 Å². The third-order valence-electron chi connectivity index (χ3n) is 1.51. The van der Waals surface area contributed by atoms with Gasteiger partial charge in [-0.2, -0.15) is 0 Å². The van der Waals surface area contributed by atoms with Crippen LogP contribution in [0, 0.1) is 0 Å². The summed E-state index contributed by atoms with van der Waals surface area (Å²) in [6.07, 6.45) is 2.89. The minimum atomic E-state index is -0.813. The highest BCUT2D eigenvalue weighted by Gasteiger charge is 2.06. The van der Waals surface area contributed by atoms with Crippen molar-refractivity contribution in [3.05, 3.63) is 0 Å². The molecule has 0 aliphatic carbocycles. The van der Waals surface area contributed by atoms with Crippen molar-refractivity contribution < 1.29 is 15.6 Å². The van der Waals surface area contributed by atoms with Crippen LogP contribution in [0.15, 0.2) is 0 Å². The summed E-state index contributed by atoms with van der Waals surface area (Å²) >= 11 is 0. The lowest BCUT2D eigenvalue weighted by Crippen LogP contribution is -2.50. The minimum Gasteiger partial charge on any atom is -0.481 e. The summed E-state index contributed by atoms with van der Waals surface area (Å²) in [5.74, 6) is -0.813. The summed E-state index contributed by atoms with van der Waals surface area (Å²) in [7, 11) is 0. The monoisotopic (exact) mass is 161 g/mol. The Balaban J connectivity index is 3.22. The van der Waals surface area contributed by atoms with Crippen molar-refractivity contribution in [3.63, 3.8) is 0 Å². The lowest BCUT2D eigenvalue weighted by molar-refractivity contribution is -0.368. The number of carbonyl (C=O) groups is 1. The molecule has 0 aromatic carbocycles. The first-order valence-electron chi connectivity index (χ1n) is 3.93. The zero-order chi connectivity index (χ0) is 8.69. The molecule has 0 saturated heterocycles. The molecule has 0 amide bonds. The van der Waals surface area contributed by atoms with E-state index in [0.717, 1.165) is 25.8 Å². The van der Waals surface area contributed by atoms with Gasteiger partial charge in [0.2, 0.25) is 0 Å². The van der Waals surface area contributed by atoms with Gasteiger partial charge < -0.3 is 16.6 Å². The van der Waals surface area contributed by atoms with Gasteiger partial charge in [-0.3, -0.25) is 4.79 Å². The number of carboxylic acid groups (broad SMARTS) is 1. The predicted molar refractivity (Wildman–Crippen MR) is 41.8 cm³/mol. The SMILES string of the molecule is N[C@@H](CCCC[NH3+])CC(=O)O. The van der Waals surface area contributed by atoms with Gasteiger partial charge in [-0.15, -0.1) is 0 Å². The molecule has 0 aliphatic rings. The second-order valence-corrected chi connectivity index (χ2v) is 2.71. The van der Waals surface area contributed by atoms with Crippen molar-refractivity contribution in [2.75, 3.05) is 6.54 Å². The maximum atomic E-state index is 10.2. The Labute approximate surface area is 66.6 Å². The van der Waals surface area contributed by atoms with E-state index in [4.69, 9.17) is 10.8 Å². The van der Waals surface area contributed by atoms with Crippen LogP contribution >= 0.6 is 0 Å². The van der Waals surface area contributed by atoms with Gasteiger partial charge in [0.15, 0.2) is 0 Å². The van der Waals surface area contributed by atoms with E-state index >= 15 is 0 Å². The van der Waals surface area contributed by atoms with E-state index in [1.54, 1.807) is 0 Å². The fraction of sp³-hybridized carbons (Fsp3) is 0.857. The Morgan fingerprint density at radius 2 is 2.18 bits per heavy atom. The summed E-state index contributed by atoms with van der Waals surface area (Å²) in [5.41, 5.74) is 9.20. The molecule has 1 atom stereocenters. The minimum absolute atomic E-state index is 0.0805. The summed E-state index contributed by atoms with van der Waals surface area (Å²) in [6.45, 7) is 0.903. The first kappa shape index (κ1) is 10.4. The van der Waals surface area contributed by atoms with E-state index in [9.17, 15) is 4.79 Å². The van der Waals surface area contributed by atoms with Gasteiger partial charge in [0.25, 0.3) is 0 Å². The topological polar surface area (TPSA) is 91.0 Å². The van der Waals surface area contributed by atoms with Crippen LogP contribution in [-0.4, -0.2) is 23.7 Å². The van der Waals surface area contributed by atoms with Gasteiger partial charge in [-0.25, -0.2) is 0 Å². The molecular formula is C7H17N2O2+. The Hall–Kier alpha value is -0.610. The van der Waals surface area contributed by atoms with E-state index in [2.05, 4.69) is 5.73 Å². The maximum Gasteiger partial charge on any atom is 0.304 e. The van der Waals surface area contributed by atoms with Crippen LogP contribution in [0.5, 0.6) is 0 Å². The van der Waals surface area contributed by atoms with Gasteiger partial charge in [0, 0.05) is 6.04 Å². The molecule has 0 saturated carbocycles. The van der Waals surface area contributed by atoms with Crippen molar-refractivity contribution in [1.29, 1.82) is 0 Å². The first-order valence-corrected chi connectivity index (χ1v) is 3.93. The summed E-state index contributed by atoms with van der Waals surface area (Å²) in [5, 5.41) is 8.35. The van der Waals surface area contributed by atoms with Crippen LogP contribution in [0.4, 0.5) is 0 Å². The molecule has 0 radical (unpaired) electrons. The highest BCUT2D eigenvalue weighted by molar-refractivity contribution is 5.67. The Kier molecular flexibility index (Phi) is 5.78. The molecule has 0 unspecified atom stereocenters. The molecular weight excluding hydrogens is 144 g/mol. The normalized spacial score (nSPS) is 12.9. The first-order chi connectivity index (χ1) is 5.16. The third-order valence-corrected chi connectivity index (χ3v) is 1.51.